The lowest BCUT2D eigenvalue weighted by Gasteiger charge is -2.22. The fourth-order valence-corrected chi connectivity index (χ4v) is 2.51. The van der Waals surface area contributed by atoms with Crippen molar-refractivity contribution in [3.8, 4) is 0 Å². The summed E-state index contributed by atoms with van der Waals surface area (Å²) in [6.45, 7) is 0. The van der Waals surface area contributed by atoms with E-state index < -0.39 is 6.10 Å². The van der Waals surface area contributed by atoms with Crippen molar-refractivity contribution in [2.75, 3.05) is 0 Å². The Labute approximate surface area is 150 Å². The average Bonchev–Trinajstić information content (AvgIpc) is 2.49. The van der Waals surface area contributed by atoms with E-state index in [9.17, 15) is 5.11 Å². The average molecular weight is 357 g/mol. The van der Waals surface area contributed by atoms with Crippen molar-refractivity contribution in [1.82, 2.24) is 0 Å². The van der Waals surface area contributed by atoms with E-state index in [1.54, 1.807) is 0 Å². The van der Waals surface area contributed by atoms with Crippen molar-refractivity contribution in [1.29, 1.82) is 0 Å². The third-order valence-corrected chi connectivity index (χ3v) is 3.69. The highest BCUT2D eigenvalue weighted by Crippen LogP contribution is 2.10. The molecule has 0 saturated carbocycles. The van der Waals surface area contributed by atoms with Crippen molar-refractivity contribution >= 4 is 24.8 Å². The zero-order valence-corrected chi connectivity index (χ0v) is 14.7. The second-order valence-electron chi connectivity index (χ2n) is 5.61. The van der Waals surface area contributed by atoms with Crippen LogP contribution in [0.2, 0.25) is 0 Å². The summed E-state index contributed by atoms with van der Waals surface area (Å²) < 4.78 is 0. The van der Waals surface area contributed by atoms with Crippen LogP contribution >= 0.6 is 24.8 Å². The summed E-state index contributed by atoms with van der Waals surface area (Å²) in [7, 11) is 0. The Morgan fingerprint density at radius 2 is 1.17 bits per heavy atom. The molecule has 5 heteroatoms. The van der Waals surface area contributed by atoms with Crippen molar-refractivity contribution < 1.29 is 5.11 Å². The molecule has 0 aliphatic heterocycles. The van der Waals surface area contributed by atoms with Gasteiger partial charge in [0.2, 0.25) is 0 Å². The van der Waals surface area contributed by atoms with E-state index in [2.05, 4.69) is 12.1 Å². The quantitative estimate of drug-likeness (QED) is 0.713. The van der Waals surface area contributed by atoms with Crippen LogP contribution in [0.25, 0.3) is 0 Å². The molecule has 3 atom stereocenters. The largest absolute Gasteiger partial charge is 0.391 e. The zero-order valence-electron chi connectivity index (χ0n) is 13.0. The van der Waals surface area contributed by atoms with E-state index in [4.69, 9.17) is 11.5 Å². The molecule has 2 rings (SSSR count). The minimum atomic E-state index is -0.580. The van der Waals surface area contributed by atoms with Crippen molar-refractivity contribution in [3.05, 3.63) is 71.8 Å². The fourth-order valence-electron chi connectivity index (χ4n) is 2.51. The summed E-state index contributed by atoms with van der Waals surface area (Å²) in [5.41, 5.74) is 14.5. The maximum absolute atomic E-state index is 10.2. The SMILES string of the molecule is Cl.Cl.NC(Cc1ccccc1)CC(O)C(N)Cc1ccccc1. The minimum absolute atomic E-state index is 0. The molecule has 0 amide bonds. The first-order valence-electron chi connectivity index (χ1n) is 7.42. The molecule has 0 bridgehead atoms. The van der Waals surface area contributed by atoms with Gasteiger partial charge in [0.15, 0.2) is 0 Å². The standard InChI is InChI=1S/C18H24N2O.2ClH/c19-16(11-14-7-3-1-4-8-14)13-18(21)17(20)12-15-9-5-2-6-10-15;;/h1-10,16-18,21H,11-13,19-20H2;2*1H. The molecule has 3 nitrogen and oxygen atoms in total. The highest BCUT2D eigenvalue weighted by Gasteiger charge is 2.18. The number of benzene rings is 2. The normalized spacial score (nSPS) is 14.0. The molecule has 0 heterocycles. The topological polar surface area (TPSA) is 72.3 Å². The van der Waals surface area contributed by atoms with Gasteiger partial charge >= 0.3 is 0 Å². The molecular weight excluding hydrogens is 331 g/mol. The Hall–Kier alpha value is -1.10. The second-order valence-corrected chi connectivity index (χ2v) is 5.61. The lowest BCUT2D eigenvalue weighted by molar-refractivity contribution is 0.126. The van der Waals surface area contributed by atoms with E-state index in [1.165, 1.54) is 5.56 Å². The first-order chi connectivity index (χ1) is 10.1. The fraction of sp³-hybridized carbons (Fsp3) is 0.333. The van der Waals surface area contributed by atoms with Gasteiger partial charge in [0.1, 0.15) is 0 Å². The Morgan fingerprint density at radius 1 is 0.739 bits per heavy atom. The monoisotopic (exact) mass is 356 g/mol. The zero-order chi connectivity index (χ0) is 15.1. The summed E-state index contributed by atoms with van der Waals surface area (Å²) in [6, 6.07) is 19.7. The van der Waals surface area contributed by atoms with Crippen molar-refractivity contribution in [3.63, 3.8) is 0 Å². The third-order valence-electron chi connectivity index (χ3n) is 3.69. The van der Waals surface area contributed by atoms with Crippen LogP contribution in [-0.4, -0.2) is 23.3 Å². The molecule has 0 spiro atoms. The van der Waals surface area contributed by atoms with Crippen molar-refractivity contribution in [2.24, 2.45) is 11.5 Å². The van der Waals surface area contributed by atoms with E-state index in [0.717, 1.165) is 12.0 Å². The van der Waals surface area contributed by atoms with Crippen LogP contribution in [0.1, 0.15) is 17.5 Å². The Balaban J connectivity index is 0.00000242. The molecule has 2 aromatic rings. The number of aliphatic hydroxyl groups excluding tert-OH is 1. The van der Waals surface area contributed by atoms with E-state index in [1.807, 2.05) is 48.5 Å². The number of rotatable bonds is 7. The first-order valence-corrected chi connectivity index (χ1v) is 7.42. The maximum Gasteiger partial charge on any atom is 0.0709 e. The van der Waals surface area contributed by atoms with Crippen LogP contribution in [0.5, 0.6) is 0 Å². The van der Waals surface area contributed by atoms with Gasteiger partial charge in [-0.2, -0.15) is 0 Å². The van der Waals surface area contributed by atoms with Gasteiger partial charge in [-0.1, -0.05) is 60.7 Å². The summed E-state index contributed by atoms with van der Waals surface area (Å²) in [5.74, 6) is 0. The van der Waals surface area contributed by atoms with E-state index >= 15 is 0 Å². The predicted molar refractivity (Wildman–Crippen MR) is 101 cm³/mol. The van der Waals surface area contributed by atoms with Crippen molar-refractivity contribution in [2.45, 2.75) is 37.5 Å². The Bertz CT molecular complexity index is 525. The smallest absolute Gasteiger partial charge is 0.0709 e. The van der Waals surface area contributed by atoms with Gasteiger partial charge in [0, 0.05) is 12.1 Å². The second kappa shape index (κ2) is 11.4. The van der Waals surface area contributed by atoms with Gasteiger partial charge in [-0.3, -0.25) is 0 Å². The van der Waals surface area contributed by atoms with Crippen LogP contribution in [0.4, 0.5) is 0 Å². The molecule has 0 aromatic heterocycles. The summed E-state index contributed by atoms with van der Waals surface area (Å²) in [4.78, 5) is 0. The molecule has 0 saturated heterocycles. The lowest BCUT2D eigenvalue weighted by Crippen LogP contribution is -2.41. The number of halogens is 2. The predicted octanol–water partition coefficient (Wildman–Crippen LogP) is 2.72. The molecule has 0 radical (unpaired) electrons. The molecule has 0 fully saturated rings. The molecule has 128 valence electrons. The molecule has 5 N–H and O–H groups in total. The van der Waals surface area contributed by atoms with Crippen LogP contribution in [0.3, 0.4) is 0 Å². The highest BCUT2D eigenvalue weighted by atomic mass is 35.5. The van der Waals surface area contributed by atoms with Crippen LogP contribution < -0.4 is 11.5 Å². The van der Waals surface area contributed by atoms with E-state index in [0.29, 0.717) is 12.8 Å². The number of hydrogen-bond donors (Lipinski definition) is 3. The van der Waals surface area contributed by atoms with Gasteiger partial charge in [-0.15, -0.1) is 24.8 Å². The Morgan fingerprint density at radius 3 is 1.65 bits per heavy atom. The summed E-state index contributed by atoms with van der Waals surface area (Å²) >= 11 is 0. The number of aliphatic hydroxyl groups is 1. The molecular formula is C18H26Cl2N2O. The Kier molecular flexibility index (Phi) is 10.9. The highest BCUT2D eigenvalue weighted by molar-refractivity contribution is 5.85. The molecule has 23 heavy (non-hydrogen) atoms. The molecule has 0 aliphatic carbocycles. The van der Waals surface area contributed by atoms with Gasteiger partial charge in [-0.05, 0) is 30.4 Å². The van der Waals surface area contributed by atoms with Crippen LogP contribution in [0.15, 0.2) is 60.7 Å². The first kappa shape index (κ1) is 21.9. The minimum Gasteiger partial charge on any atom is -0.391 e. The summed E-state index contributed by atoms with van der Waals surface area (Å²) in [6.07, 6.45) is 1.36. The third kappa shape index (κ3) is 7.82. The molecule has 3 unspecified atom stereocenters. The summed E-state index contributed by atoms with van der Waals surface area (Å²) in [5, 5.41) is 10.2. The van der Waals surface area contributed by atoms with Crippen LogP contribution in [0, 0.1) is 0 Å². The van der Waals surface area contributed by atoms with Crippen LogP contribution in [-0.2, 0) is 12.8 Å². The molecule has 2 aromatic carbocycles. The maximum atomic E-state index is 10.2. The van der Waals surface area contributed by atoms with Gasteiger partial charge in [0.25, 0.3) is 0 Å². The van der Waals surface area contributed by atoms with Gasteiger partial charge in [-0.25, -0.2) is 0 Å². The number of nitrogens with two attached hydrogens (primary N) is 2. The van der Waals surface area contributed by atoms with Gasteiger partial charge in [0.05, 0.1) is 6.10 Å². The molecule has 0 aliphatic rings. The van der Waals surface area contributed by atoms with E-state index in [-0.39, 0.29) is 36.9 Å². The lowest BCUT2D eigenvalue weighted by atomic mass is 9.95. The number of hydrogen-bond acceptors (Lipinski definition) is 3. The van der Waals surface area contributed by atoms with Gasteiger partial charge < -0.3 is 16.6 Å².